The molecule has 0 radical (unpaired) electrons. The number of amides is 1. The van der Waals surface area contributed by atoms with E-state index in [1.807, 2.05) is 24.3 Å². The predicted molar refractivity (Wildman–Crippen MR) is 126 cm³/mol. The van der Waals surface area contributed by atoms with E-state index in [-0.39, 0.29) is 12.2 Å². The van der Waals surface area contributed by atoms with Crippen LogP contribution in [0.5, 0.6) is 0 Å². The van der Waals surface area contributed by atoms with E-state index < -0.39 is 11.7 Å². The maximum absolute atomic E-state index is 14.4. The van der Waals surface area contributed by atoms with Gasteiger partial charge in [-0.2, -0.15) is 5.10 Å². The second-order valence-corrected chi connectivity index (χ2v) is 8.46. The highest BCUT2D eigenvalue weighted by molar-refractivity contribution is 6.35. The van der Waals surface area contributed by atoms with Crippen LogP contribution in [0.4, 0.5) is 4.39 Å². The van der Waals surface area contributed by atoms with E-state index in [9.17, 15) is 9.18 Å². The Hall–Kier alpha value is -3.55. The summed E-state index contributed by atoms with van der Waals surface area (Å²) in [4.78, 5) is 19.8. The fourth-order valence-electron chi connectivity index (χ4n) is 3.67. The Balaban J connectivity index is 1.31. The Kier molecular flexibility index (Phi) is 5.66. The second kappa shape index (κ2) is 8.77. The molecular formula is C24H16Cl2FN5O. The normalized spacial score (nSPS) is 11.2. The van der Waals surface area contributed by atoms with Gasteiger partial charge in [0, 0.05) is 40.8 Å². The number of aromatic amines is 1. The average Bonchev–Trinajstić information content (AvgIpc) is 3.16. The van der Waals surface area contributed by atoms with E-state index in [0.717, 1.165) is 22.0 Å². The first-order chi connectivity index (χ1) is 16.0. The van der Waals surface area contributed by atoms with Crippen molar-refractivity contribution in [1.29, 1.82) is 0 Å². The monoisotopic (exact) mass is 479 g/mol. The fourth-order valence-corrected chi connectivity index (χ4v) is 4.05. The van der Waals surface area contributed by atoms with Crippen molar-refractivity contribution in [3.8, 4) is 0 Å². The van der Waals surface area contributed by atoms with E-state index in [2.05, 4.69) is 25.5 Å². The maximum Gasteiger partial charge on any atom is 0.272 e. The van der Waals surface area contributed by atoms with Crippen LogP contribution >= 0.6 is 23.2 Å². The van der Waals surface area contributed by atoms with Gasteiger partial charge in [-0.05, 0) is 53.9 Å². The van der Waals surface area contributed by atoms with Crippen LogP contribution in [-0.4, -0.2) is 26.1 Å². The number of hydrogen-bond acceptors (Lipinski definition) is 4. The number of aromatic nitrogens is 4. The zero-order valence-electron chi connectivity index (χ0n) is 17.1. The minimum atomic E-state index is -0.446. The van der Waals surface area contributed by atoms with Crippen LogP contribution in [0.2, 0.25) is 10.0 Å². The number of hydrogen-bond donors (Lipinski definition) is 2. The van der Waals surface area contributed by atoms with Gasteiger partial charge in [0.2, 0.25) is 0 Å². The topological polar surface area (TPSA) is 83.6 Å². The summed E-state index contributed by atoms with van der Waals surface area (Å²) in [6.45, 7) is -0.00748. The molecule has 0 unspecified atom stereocenters. The fraction of sp³-hybridized carbons (Fsp3) is 0.0833. The van der Waals surface area contributed by atoms with Crippen LogP contribution in [0.25, 0.3) is 21.8 Å². The Bertz CT molecular complexity index is 1520. The van der Waals surface area contributed by atoms with Crippen LogP contribution in [-0.2, 0) is 13.0 Å². The van der Waals surface area contributed by atoms with Gasteiger partial charge in [0.05, 0.1) is 21.8 Å². The lowest BCUT2D eigenvalue weighted by molar-refractivity contribution is 0.0944. The van der Waals surface area contributed by atoms with Crippen molar-refractivity contribution < 1.29 is 9.18 Å². The van der Waals surface area contributed by atoms with Gasteiger partial charge in [-0.15, -0.1) is 5.10 Å². The molecule has 0 aliphatic heterocycles. The molecule has 0 saturated heterocycles. The lowest BCUT2D eigenvalue weighted by Gasteiger charge is -2.08. The number of rotatable bonds is 5. The molecule has 1 amide bonds. The molecule has 2 aromatic carbocycles. The van der Waals surface area contributed by atoms with Gasteiger partial charge in [-0.1, -0.05) is 29.3 Å². The third kappa shape index (κ3) is 4.51. The smallest absolute Gasteiger partial charge is 0.272 e. The van der Waals surface area contributed by atoms with Gasteiger partial charge in [-0.25, -0.2) is 4.39 Å². The number of H-pyrrole nitrogens is 1. The summed E-state index contributed by atoms with van der Waals surface area (Å²) in [6.07, 6.45) is 5.36. The summed E-state index contributed by atoms with van der Waals surface area (Å²) in [5, 5.41) is 13.3. The Labute approximate surface area is 197 Å². The first-order valence-electron chi connectivity index (χ1n) is 10.1. The molecule has 33 heavy (non-hydrogen) atoms. The van der Waals surface area contributed by atoms with Crippen molar-refractivity contribution in [3.63, 3.8) is 0 Å². The van der Waals surface area contributed by atoms with Crippen LogP contribution in [0.15, 0.2) is 61.1 Å². The van der Waals surface area contributed by atoms with Gasteiger partial charge >= 0.3 is 0 Å². The zero-order valence-corrected chi connectivity index (χ0v) is 18.6. The molecular weight excluding hydrogens is 464 g/mol. The molecule has 5 rings (SSSR count). The molecule has 0 bridgehead atoms. The number of nitrogens with zero attached hydrogens (tertiary/aromatic N) is 3. The van der Waals surface area contributed by atoms with E-state index in [4.69, 9.17) is 23.2 Å². The van der Waals surface area contributed by atoms with Crippen molar-refractivity contribution in [3.05, 3.63) is 99.3 Å². The molecule has 0 aliphatic carbocycles. The van der Waals surface area contributed by atoms with E-state index >= 15 is 0 Å². The highest BCUT2D eigenvalue weighted by Crippen LogP contribution is 2.26. The third-order valence-corrected chi connectivity index (χ3v) is 5.82. The molecule has 2 N–H and O–H groups in total. The first-order valence-corrected chi connectivity index (χ1v) is 10.8. The maximum atomic E-state index is 14.4. The molecule has 9 heteroatoms. The van der Waals surface area contributed by atoms with E-state index in [0.29, 0.717) is 32.9 Å². The number of pyridine rings is 1. The van der Waals surface area contributed by atoms with Crippen molar-refractivity contribution >= 4 is 50.9 Å². The minimum Gasteiger partial charge on any atom is -0.360 e. The van der Waals surface area contributed by atoms with Crippen molar-refractivity contribution in [2.75, 3.05) is 0 Å². The summed E-state index contributed by atoms with van der Waals surface area (Å²) in [6, 6.07) is 12.4. The number of fused-ring (bicyclic) bond motifs is 2. The molecule has 0 fully saturated rings. The quantitative estimate of drug-likeness (QED) is 0.349. The summed E-state index contributed by atoms with van der Waals surface area (Å²) < 4.78 is 14.4. The third-order valence-electron chi connectivity index (χ3n) is 5.30. The molecule has 164 valence electrons. The zero-order chi connectivity index (χ0) is 22.9. The molecule has 0 saturated carbocycles. The number of nitrogens with one attached hydrogen (secondary N) is 2. The Morgan fingerprint density at radius 1 is 1.06 bits per heavy atom. The largest absolute Gasteiger partial charge is 0.360 e. The molecule has 0 atom stereocenters. The lowest BCUT2D eigenvalue weighted by atomic mass is 10.0. The number of benzene rings is 2. The average molecular weight is 480 g/mol. The highest BCUT2D eigenvalue weighted by Gasteiger charge is 2.13. The SMILES string of the molecule is O=C(NCc1cc2c(Cl)c[nH]c2cc1F)c1cc(Cc2ccc3ncc(Cl)cc3c2)cnn1. The standard InChI is InChI=1S/C24H16Cl2FN5O/c25-17-6-15-4-13(1-2-21(15)28-11-17)3-14-5-23(32-31-9-14)24(33)30-10-16-7-18-19(26)12-29-22(18)8-20(16)27/h1-2,4-9,11-12,29H,3,10H2,(H,30,33). The van der Waals surface area contributed by atoms with Crippen LogP contribution in [0.3, 0.4) is 0 Å². The van der Waals surface area contributed by atoms with E-state index in [1.54, 1.807) is 30.7 Å². The Morgan fingerprint density at radius 3 is 2.82 bits per heavy atom. The van der Waals surface area contributed by atoms with Gasteiger partial charge < -0.3 is 10.3 Å². The predicted octanol–water partition coefficient (Wildman–Crippen LogP) is 5.47. The van der Waals surface area contributed by atoms with Crippen molar-refractivity contribution in [1.82, 2.24) is 25.5 Å². The summed E-state index contributed by atoms with van der Waals surface area (Å²) in [5.41, 5.74) is 3.75. The molecule has 3 aromatic heterocycles. The summed E-state index contributed by atoms with van der Waals surface area (Å²) >= 11 is 12.2. The van der Waals surface area contributed by atoms with E-state index in [1.165, 1.54) is 6.07 Å². The van der Waals surface area contributed by atoms with Gasteiger partial charge in [0.1, 0.15) is 5.82 Å². The molecule has 0 spiro atoms. The summed E-state index contributed by atoms with van der Waals surface area (Å²) in [5.74, 6) is -0.884. The minimum absolute atomic E-state index is 0.00748. The van der Waals surface area contributed by atoms with Gasteiger partial charge in [-0.3, -0.25) is 9.78 Å². The molecule has 6 nitrogen and oxygen atoms in total. The van der Waals surface area contributed by atoms with Crippen molar-refractivity contribution in [2.45, 2.75) is 13.0 Å². The van der Waals surface area contributed by atoms with Crippen molar-refractivity contribution in [2.24, 2.45) is 0 Å². The molecule has 5 aromatic rings. The van der Waals surface area contributed by atoms with Crippen LogP contribution in [0, 0.1) is 5.82 Å². The van der Waals surface area contributed by atoms with Crippen LogP contribution in [0.1, 0.15) is 27.2 Å². The Morgan fingerprint density at radius 2 is 1.94 bits per heavy atom. The summed E-state index contributed by atoms with van der Waals surface area (Å²) in [7, 11) is 0. The highest BCUT2D eigenvalue weighted by atomic mass is 35.5. The lowest BCUT2D eigenvalue weighted by Crippen LogP contribution is -2.24. The second-order valence-electron chi connectivity index (χ2n) is 7.61. The number of carbonyl (C=O) groups excluding carboxylic acids is 1. The number of halogens is 3. The molecule has 3 heterocycles. The number of carbonyl (C=O) groups is 1. The van der Waals surface area contributed by atoms with Gasteiger partial charge in [0.25, 0.3) is 5.91 Å². The van der Waals surface area contributed by atoms with Gasteiger partial charge in [0.15, 0.2) is 5.69 Å². The van der Waals surface area contributed by atoms with Crippen LogP contribution < -0.4 is 5.32 Å². The molecule has 0 aliphatic rings. The first kappa shape index (κ1) is 21.3.